The molecule has 0 bridgehead atoms. The van der Waals surface area contributed by atoms with Gasteiger partial charge < -0.3 is 19.0 Å². The molecule has 0 atom stereocenters. The Kier molecular flexibility index (Phi) is 11.1. The Labute approximate surface area is 209 Å². The molecule has 0 aliphatic heterocycles. The quantitative estimate of drug-likeness (QED) is 0.510. The highest BCUT2D eigenvalue weighted by atomic mass is 35.5. The molecule has 0 aliphatic rings. The number of hydrogen-bond donors (Lipinski definition) is 1. The predicted octanol–water partition coefficient (Wildman–Crippen LogP) is 5.16. The molecule has 0 unspecified atom stereocenters. The fraction of sp³-hybridized carbons (Fsp3) is 0.500. The Bertz CT molecular complexity index is 1170. The highest BCUT2D eigenvalue weighted by Crippen LogP contribution is 2.20. The van der Waals surface area contributed by atoms with Crippen LogP contribution in [0.2, 0.25) is 10.0 Å². The number of hydrogen-bond acceptors (Lipinski definition) is 5. The van der Waals surface area contributed by atoms with E-state index in [1.165, 1.54) is 16.7 Å². The highest BCUT2D eigenvalue weighted by molar-refractivity contribution is 6.31. The minimum atomic E-state index is -1.25. The molecule has 0 radical (unpaired) electrons. The monoisotopic (exact) mass is 514 g/mol. The van der Waals surface area contributed by atoms with E-state index in [2.05, 4.69) is 0 Å². The first-order valence-corrected chi connectivity index (χ1v) is 11.9. The molecule has 2 aromatic rings. The number of carbonyl (C=O) groups is 2. The molecule has 2 rings (SSSR count). The van der Waals surface area contributed by atoms with Crippen LogP contribution < -0.4 is 11.1 Å². The van der Waals surface area contributed by atoms with E-state index < -0.39 is 17.5 Å². The molecule has 0 spiro atoms. The van der Waals surface area contributed by atoms with Gasteiger partial charge in [0.25, 0.3) is 11.1 Å². The van der Waals surface area contributed by atoms with Crippen molar-refractivity contribution in [2.45, 2.75) is 73.4 Å². The Hall–Kier alpha value is -2.58. The summed E-state index contributed by atoms with van der Waals surface area (Å²) in [6.07, 6.45) is 1.22. The van der Waals surface area contributed by atoms with E-state index in [-0.39, 0.29) is 35.4 Å². The lowest BCUT2D eigenvalue weighted by Crippen LogP contribution is -2.31. The van der Waals surface area contributed by atoms with Gasteiger partial charge in [0.05, 0.1) is 16.7 Å². The third-order valence-corrected chi connectivity index (χ3v) is 5.66. The van der Waals surface area contributed by atoms with Gasteiger partial charge in [0.2, 0.25) is 0 Å². The third kappa shape index (κ3) is 6.51. The van der Waals surface area contributed by atoms with E-state index in [1.807, 2.05) is 41.5 Å². The third-order valence-electron chi connectivity index (χ3n) is 5.00. The lowest BCUT2D eigenvalue weighted by atomic mass is 10.2. The summed E-state index contributed by atoms with van der Waals surface area (Å²) in [6, 6.07) is 2.46. The van der Waals surface area contributed by atoms with Crippen LogP contribution >= 0.6 is 23.2 Å². The molecule has 0 saturated heterocycles. The van der Waals surface area contributed by atoms with E-state index in [0.717, 1.165) is 5.69 Å². The summed E-state index contributed by atoms with van der Waals surface area (Å²) in [7, 11) is 0. The van der Waals surface area contributed by atoms with E-state index >= 15 is 0 Å². The normalized spacial score (nSPS) is 10.8. The highest BCUT2D eigenvalue weighted by Gasteiger charge is 2.20. The minimum absolute atomic E-state index is 0.00671. The van der Waals surface area contributed by atoms with Crippen LogP contribution in [0.25, 0.3) is 0 Å². The number of nitrogens with zero attached hydrogens (tertiary/aromatic N) is 2. The lowest BCUT2D eigenvalue weighted by molar-refractivity contribution is 0.0522. The second-order valence-electron chi connectivity index (χ2n) is 7.98. The zero-order chi connectivity index (χ0) is 26.3. The van der Waals surface area contributed by atoms with Crippen LogP contribution in [0, 0.1) is 0 Å². The molecule has 0 aromatic carbocycles. The van der Waals surface area contributed by atoms with Crippen molar-refractivity contribution in [1.29, 1.82) is 0 Å². The SMILES string of the molecule is CCOC(=O)c1cc(Cl)c(CC)n(C(C)C)c1=O.CCc1c(Cl)cc(C(=O)O)c(=O)n1C(C)C. The van der Waals surface area contributed by atoms with Gasteiger partial charge in [-0.1, -0.05) is 37.0 Å². The molecule has 0 saturated carbocycles. The Morgan fingerprint density at radius 1 is 0.853 bits per heavy atom. The molecule has 10 heteroatoms. The average molecular weight is 515 g/mol. The van der Waals surface area contributed by atoms with Crippen molar-refractivity contribution in [2.75, 3.05) is 6.61 Å². The van der Waals surface area contributed by atoms with Crippen molar-refractivity contribution in [1.82, 2.24) is 9.13 Å². The van der Waals surface area contributed by atoms with Gasteiger partial charge in [0.15, 0.2) is 0 Å². The molecule has 0 aliphatic carbocycles. The predicted molar refractivity (Wildman–Crippen MR) is 134 cm³/mol. The molecule has 2 heterocycles. The van der Waals surface area contributed by atoms with Crippen LogP contribution in [0.4, 0.5) is 0 Å². The summed E-state index contributed by atoms with van der Waals surface area (Å²) in [4.78, 5) is 46.7. The van der Waals surface area contributed by atoms with Crippen LogP contribution in [0.3, 0.4) is 0 Å². The van der Waals surface area contributed by atoms with Crippen molar-refractivity contribution >= 4 is 35.1 Å². The standard InChI is InChI=1S/C13H18ClNO3.C11H14ClNO3/c1-5-11-10(14)7-9(13(17)18-6-2)12(16)15(11)8(3)4;1-4-9-8(12)5-7(11(15)16)10(14)13(9)6(2)3/h7-8H,5-6H2,1-4H3;5-6H,4H2,1-3H3,(H,15,16). The van der Waals surface area contributed by atoms with Crippen molar-refractivity contribution in [2.24, 2.45) is 0 Å². The number of carboxylic acid groups (broad SMARTS) is 1. The van der Waals surface area contributed by atoms with Crippen LogP contribution in [-0.2, 0) is 17.6 Å². The summed E-state index contributed by atoms with van der Waals surface area (Å²) in [6.45, 7) is 13.1. The first-order chi connectivity index (χ1) is 15.8. The van der Waals surface area contributed by atoms with Gasteiger partial charge in [-0.25, -0.2) is 9.59 Å². The number of carbonyl (C=O) groups excluding carboxylic acids is 1. The number of aromatic carboxylic acids is 1. The molecular formula is C24H32Cl2N2O6. The van der Waals surface area contributed by atoms with Crippen molar-refractivity contribution < 1.29 is 19.4 Å². The molecule has 2 aromatic heterocycles. The molecule has 34 heavy (non-hydrogen) atoms. The van der Waals surface area contributed by atoms with Crippen molar-refractivity contribution in [3.8, 4) is 0 Å². The number of halogens is 2. The van der Waals surface area contributed by atoms with Gasteiger partial charge >= 0.3 is 11.9 Å². The summed E-state index contributed by atoms with van der Waals surface area (Å²) < 4.78 is 7.85. The smallest absolute Gasteiger partial charge is 0.343 e. The zero-order valence-electron chi connectivity index (χ0n) is 20.6. The fourth-order valence-electron chi connectivity index (χ4n) is 3.56. The van der Waals surface area contributed by atoms with Gasteiger partial charge in [-0.05, 0) is 59.6 Å². The van der Waals surface area contributed by atoms with Gasteiger partial charge in [-0.15, -0.1) is 0 Å². The fourth-order valence-corrected chi connectivity index (χ4v) is 4.23. The Balaban J connectivity index is 0.000000342. The number of carboxylic acids is 1. The van der Waals surface area contributed by atoms with Gasteiger partial charge in [-0.2, -0.15) is 0 Å². The van der Waals surface area contributed by atoms with E-state index in [4.69, 9.17) is 33.0 Å². The number of rotatable bonds is 7. The average Bonchev–Trinajstić information content (AvgIpc) is 2.75. The van der Waals surface area contributed by atoms with Gasteiger partial charge in [0, 0.05) is 23.5 Å². The first kappa shape index (κ1) is 29.5. The minimum Gasteiger partial charge on any atom is -0.477 e. The van der Waals surface area contributed by atoms with Gasteiger partial charge in [-0.3, -0.25) is 9.59 Å². The maximum atomic E-state index is 12.3. The Morgan fingerprint density at radius 2 is 1.24 bits per heavy atom. The van der Waals surface area contributed by atoms with E-state index in [0.29, 0.717) is 28.6 Å². The molecule has 188 valence electrons. The maximum absolute atomic E-state index is 12.3. The van der Waals surface area contributed by atoms with Crippen LogP contribution in [0.15, 0.2) is 21.7 Å². The number of esters is 1. The lowest BCUT2D eigenvalue weighted by Gasteiger charge is -2.18. The molecule has 0 amide bonds. The van der Waals surface area contributed by atoms with Crippen LogP contribution in [-0.4, -0.2) is 32.8 Å². The van der Waals surface area contributed by atoms with Crippen LogP contribution in [0.5, 0.6) is 0 Å². The summed E-state index contributed by atoms with van der Waals surface area (Å²) in [5.74, 6) is -1.87. The molecular weight excluding hydrogens is 483 g/mol. The summed E-state index contributed by atoms with van der Waals surface area (Å²) >= 11 is 12.1. The largest absolute Gasteiger partial charge is 0.477 e. The van der Waals surface area contributed by atoms with Crippen molar-refractivity contribution in [3.05, 3.63) is 65.4 Å². The molecule has 0 fully saturated rings. The second kappa shape index (κ2) is 12.8. The van der Waals surface area contributed by atoms with E-state index in [9.17, 15) is 19.2 Å². The van der Waals surface area contributed by atoms with E-state index in [1.54, 1.807) is 11.5 Å². The summed E-state index contributed by atoms with van der Waals surface area (Å²) in [5, 5.41) is 9.64. The molecule has 1 N–H and O–H groups in total. The van der Waals surface area contributed by atoms with Crippen molar-refractivity contribution in [3.63, 3.8) is 0 Å². The Morgan fingerprint density at radius 3 is 1.56 bits per heavy atom. The van der Waals surface area contributed by atoms with Crippen LogP contribution in [0.1, 0.15) is 92.7 Å². The number of pyridine rings is 2. The second-order valence-corrected chi connectivity index (χ2v) is 8.79. The summed E-state index contributed by atoms with van der Waals surface area (Å²) in [5.41, 5.74) is 0.286. The number of ether oxygens (including phenoxy) is 1. The number of aromatic nitrogens is 2. The maximum Gasteiger partial charge on any atom is 0.343 e. The van der Waals surface area contributed by atoms with Gasteiger partial charge in [0.1, 0.15) is 11.1 Å². The zero-order valence-corrected chi connectivity index (χ0v) is 22.1. The topological polar surface area (TPSA) is 108 Å². The molecule has 8 nitrogen and oxygen atoms in total. The first-order valence-electron chi connectivity index (χ1n) is 11.1.